The van der Waals surface area contributed by atoms with E-state index in [9.17, 15) is 10.1 Å². The van der Waals surface area contributed by atoms with Gasteiger partial charge < -0.3 is 10.1 Å². The number of nitriles is 1. The number of ether oxygens (including phenoxy) is 1. The lowest BCUT2D eigenvalue weighted by atomic mass is 10.1. The van der Waals surface area contributed by atoms with E-state index < -0.39 is 5.91 Å². The number of para-hydroxylation sites is 2. The number of anilines is 1. The number of carbonyl (C=O) groups excluding carboxylic acids is 1. The zero-order valence-corrected chi connectivity index (χ0v) is 13.4. The Kier molecular flexibility index (Phi) is 5.34. The summed E-state index contributed by atoms with van der Waals surface area (Å²) in [5, 5.41) is 11.9. The highest BCUT2D eigenvalue weighted by Crippen LogP contribution is 2.24. The van der Waals surface area contributed by atoms with Crippen molar-refractivity contribution in [1.82, 2.24) is 0 Å². The monoisotopic (exact) mass is 356 g/mol. The number of methoxy groups -OCH3 is 1. The van der Waals surface area contributed by atoms with Gasteiger partial charge in [-0.25, -0.2) is 0 Å². The number of carbonyl (C=O) groups is 1. The number of hydrogen-bond donors (Lipinski definition) is 1. The lowest BCUT2D eigenvalue weighted by Gasteiger charge is -2.09. The topological polar surface area (TPSA) is 62.1 Å². The van der Waals surface area contributed by atoms with E-state index in [1.54, 1.807) is 24.3 Å². The van der Waals surface area contributed by atoms with Crippen LogP contribution in [0.1, 0.15) is 5.56 Å². The first-order valence-electron chi connectivity index (χ1n) is 6.46. The largest absolute Gasteiger partial charge is 0.495 e. The Morgan fingerprint density at radius 1 is 1.23 bits per heavy atom. The molecule has 4 nitrogen and oxygen atoms in total. The Hall–Kier alpha value is -2.58. The molecule has 5 heteroatoms. The summed E-state index contributed by atoms with van der Waals surface area (Å²) in [6.07, 6.45) is 1.54. The maximum Gasteiger partial charge on any atom is 0.266 e. The summed E-state index contributed by atoms with van der Waals surface area (Å²) in [6, 6.07) is 16.3. The van der Waals surface area contributed by atoms with Crippen LogP contribution in [-0.4, -0.2) is 13.0 Å². The van der Waals surface area contributed by atoms with E-state index in [2.05, 4.69) is 21.2 Å². The van der Waals surface area contributed by atoms with Gasteiger partial charge in [0.2, 0.25) is 0 Å². The molecule has 2 aromatic carbocycles. The van der Waals surface area contributed by atoms with Crippen molar-refractivity contribution in [2.24, 2.45) is 0 Å². The quantitative estimate of drug-likeness (QED) is 0.665. The molecule has 0 spiro atoms. The van der Waals surface area contributed by atoms with Crippen molar-refractivity contribution >= 4 is 33.6 Å². The minimum absolute atomic E-state index is 0.0119. The normalized spacial score (nSPS) is 10.7. The van der Waals surface area contributed by atoms with Crippen LogP contribution in [0.4, 0.5) is 5.69 Å². The highest BCUT2D eigenvalue weighted by Gasteiger charge is 2.12. The molecule has 0 bridgehead atoms. The highest BCUT2D eigenvalue weighted by molar-refractivity contribution is 9.10. The molecule has 0 saturated carbocycles. The molecule has 0 unspecified atom stereocenters. The van der Waals surface area contributed by atoms with E-state index in [1.807, 2.05) is 30.3 Å². The Bertz CT molecular complexity index is 763. The minimum atomic E-state index is -0.484. The van der Waals surface area contributed by atoms with Gasteiger partial charge in [0.1, 0.15) is 17.4 Å². The van der Waals surface area contributed by atoms with Crippen molar-refractivity contribution in [3.8, 4) is 11.8 Å². The number of nitrogens with one attached hydrogen (secondary N) is 1. The molecule has 1 N–H and O–H groups in total. The lowest BCUT2D eigenvalue weighted by Crippen LogP contribution is -2.14. The van der Waals surface area contributed by atoms with Crippen molar-refractivity contribution in [1.29, 1.82) is 5.26 Å². The third-order valence-corrected chi connectivity index (χ3v) is 3.65. The van der Waals surface area contributed by atoms with Crippen LogP contribution in [0.3, 0.4) is 0 Å². The first-order valence-corrected chi connectivity index (χ1v) is 7.25. The third-order valence-electron chi connectivity index (χ3n) is 2.93. The van der Waals surface area contributed by atoms with Crippen molar-refractivity contribution in [2.45, 2.75) is 0 Å². The Balaban J connectivity index is 2.27. The van der Waals surface area contributed by atoms with Gasteiger partial charge in [-0.15, -0.1) is 0 Å². The second-order valence-corrected chi connectivity index (χ2v) is 5.20. The molecule has 0 aliphatic carbocycles. The van der Waals surface area contributed by atoms with E-state index in [4.69, 9.17) is 4.74 Å². The first kappa shape index (κ1) is 15.8. The molecule has 0 radical (unpaired) electrons. The smallest absolute Gasteiger partial charge is 0.266 e. The van der Waals surface area contributed by atoms with Gasteiger partial charge in [0.15, 0.2) is 0 Å². The average Bonchev–Trinajstić information content (AvgIpc) is 2.54. The summed E-state index contributed by atoms with van der Waals surface area (Å²) < 4.78 is 5.99. The van der Waals surface area contributed by atoms with Crippen LogP contribution in [0.5, 0.6) is 5.75 Å². The number of amides is 1. The summed E-state index contributed by atoms with van der Waals surface area (Å²) in [6.45, 7) is 0. The number of nitrogens with zero attached hydrogens (tertiary/aromatic N) is 1. The highest BCUT2D eigenvalue weighted by atomic mass is 79.9. The molecule has 110 valence electrons. The molecule has 0 aliphatic heterocycles. The zero-order valence-electron chi connectivity index (χ0n) is 11.8. The zero-order chi connectivity index (χ0) is 15.9. The number of rotatable bonds is 4. The summed E-state index contributed by atoms with van der Waals surface area (Å²) in [7, 11) is 1.52. The molecular weight excluding hydrogens is 344 g/mol. The predicted molar refractivity (Wildman–Crippen MR) is 89.4 cm³/mol. The van der Waals surface area contributed by atoms with Crippen LogP contribution < -0.4 is 10.1 Å². The van der Waals surface area contributed by atoms with Crippen molar-refractivity contribution in [2.75, 3.05) is 12.4 Å². The molecule has 0 fully saturated rings. The van der Waals surface area contributed by atoms with Crippen LogP contribution in [-0.2, 0) is 4.79 Å². The predicted octanol–water partition coefficient (Wildman–Crippen LogP) is 4.00. The van der Waals surface area contributed by atoms with E-state index in [-0.39, 0.29) is 5.57 Å². The maximum absolute atomic E-state index is 12.3. The Labute approximate surface area is 137 Å². The van der Waals surface area contributed by atoms with Crippen LogP contribution in [0.25, 0.3) is 6.08 Å². The summed E-state index contributed by atoms with van der Waals surface area (Å²) in [5.74, 6) is 0.0526. The van der Waals surface area contributed by atoms with Gasteiger partial charge in [-0.1, -0.05) is 46.3 Å². The molecule has 2 aromatic rings. The van der Waals surface area contributed by atoms with E-state index in [0.29, 0.717) is 11.4 Å². The van der Waals surface area contributed by atoms with Crippen molar-refractivity contribution in [3.63, 3.8) is 0 Å². The second-order valence-electron chi connectivity index (χ2n) is 4.35. The summed E-state index contributed by atoms with van der Waals surface area (Å²) in [4.78, 5) is 12.3. The fourth-order valence-corrected chi connectivity index (χ4v) is 2.23. The van der Waals surface area contributed by atoms with Crippen LogP contribution in [0.15, 0.2) is 58.6 Å². The maximum atomic E-state index is 12.3. The van der Waals surface area contributed by atoms with E-state index in [1.165, 1.54) is 13.2 Å². The van der Waals surface area contributed by atoms with Gasteiger partial charge in [0.25, 0.3) is 5.91 Å². The molecule has 1 amide bonds. The number of hydrogen-bond acceptors (Lipinski definition) is 3. The Morgan fingerprint density at radius 3 is 2.59 bits per heavy atom. The molecule has 0 atom stereocenters. The molecule has 0 aromatic heterocycles. The Morgan fingerprint density at radius 2 is 1.91 bits per heavy atom. The first-order chi connectivity index (χ1) is 10.7. The minimum Gasteiger partial charge on any atom is -0.495 e. The van der Waals surface area contributed by atoms with Crippen LogP contribution >= 0.6 is 15.9 Å². The molecule has 0 aliphatic rings. The molecule has 2 rings (SSSR count). The second kappa shape index (κ2) is 7.43. The molecule has 22 heavy (non-hydrogen) atoms. The van der Waals surface area contributed by atoms with Gasteiger partial charge in [0, 0.05) is 4.47 Å². The number of halogens is 1. The molecular formula is C17H13BrN2O2. The fraction of sp³-hybridized carbons (Fsp3) is 0.0588. The molecule has 0 heterocycles. The molecule has 0 saturated heterocycles. The van der Waals surface area contributed by atoms with Gasteiger partial charge in [-0.3, -0.25) is 4.79 Å². The van der Waals surface area contributed by atoms with Crippen molar-refractivity contribution < 1.29 is 9.53 Å². The number of benzene rings is 2. The van der Waals surface area contributed by atoms with Crippen LogP contribution in [0, 0.1) is 11.3 Å². The summed E-state index contributed by atoms with van der Waals surface area (Å²) in [5.41, 5.74) is 1.29. The van der Waals surface area contributed by atoms with Gasteiger partial charge in [-0.2, -0.15) is 5.26 Å². The average molecular weight is 357 g/mol. The van der Waals surface area contributed by atoms with Gasteiger partial charge in [-0.05, 0) is 29.8 Å². The summed E-state index contributed by atoms with van der Waals surface area (Å²) >= 11 is 3.39. The fourth-order valence-electron chi connectivity index (χ4n) is 1.83. The van der Waals surface area contributed by atoms with Crippen molar-refractivity contribution in [3.05, 3.63) is 64.1 Å². The third kappa shape index (κ3) is 3.74. The van der Waals surface area contributed by atoms with E-state index in [0.717, 1.165) is 10.0 Å². The lowest BCUT2D eigenvalue weighted by molar-refractivity contribution is -0.112. The van der Waals surface area contributed by atoms with E-state index >= 15 is 0 Å². The SMILES string of the molecule is COc1ccccc1NC(=O)C(C#N)=Cc1ccccc1Br. The van der Waals surface area contributed by atoms with Gasteiger partial charge in [0.05, 0.1) is 12.8 Å². The van der Waals surface area contributed by atoms with Gasteiger partial charge >= 0.3 is 0 Å². The standard InChI is InChI=1S/C17H13BrN2O2/c1-22-16-9-5-4-8-15(16)20-17(21)13(11-19)10-12-6-2-3-7-14(12)18/h2-10H,1H3,(H,20,21). The van der Waals surface area contributed by atoms with Crippen LogP contribution in [0.2, 0.25) is 0 Å².